The number of hydrogen-bond acceptors (Lipinski definition) is 3. The third kappa shape index (κ3) is 2.28. The van der Waals surface area contributed by atoms with Gasteiger partial charge in [-0.25, -0.2) is 0 Å². The number of carbonyl (C=O) groups excluding carboxylic acids is 1. The molecule has 1 aromatic rings. The molecule has 0 aliphatic carbocycles. The molecule has 4 nitrogen and oxygen atoms in total. The normalized spacial score (nSPS) is 26.1. The van der Waals surface area contributed by atoms with E-state index in [1.807, 2.05) is 18.2 Å². The van der Waals surface area contributed by atoms with E-state index >= 15 is 0 Å². The van der Waals surface area contributed by atoms with E-state index in [9.17, 15) is 4.79 Å². The number of carbonyl (C=O) groups is 1. The topological polar surface area (TPSA) is 44.4 Å². The van der Waals surface area contributed by atoms with Gasteiger partial charge in [-0.1, -0.05) is 23.8 Å². The van der Waals surface area contributed by atoms with Crippen LogP contribution >= 0.6 is 0 Å². The van der Waals surface area contributed by atoms with Crippen LogP contribution in [0, 0.1) is 0 Å². The molecular weight excluding hydrogens is 262 g/mol. The van der Waals surface area contributed by atoms with Crippen LogP contribution in [0.3, 0.4) is 0 Å². The summed E-state index contributed by atoms with van der Waals surface area (Å²) in [6.45, 7) is 4.43. The minimum atomic E-state index is 0.0854. The lowest BCUT2D eigenvalue weighted by molar-refractivity contribution is -0.110. The molecule has 1 amide bonds. The van der Waals surface area contributed by atoms with Crippen LogP contribution in [-0.2, 0) is 4.79 Å². The van der Waals surface area contributed by atoms with Gasteiger partial charge < -0.3 is 10.6 Å². The highest BCUT2D eigenvalue weighted by Gasteiger charge is 2.30. The molecule has 1 unspecified atom stereocenters. The van der Waals surface area contributed by atoms with Crippen LogP contribution in [0.15, 0.2) is 29.8 Å². The number of rotatable bonds is 1. The van der Waals surface area contributed by atoms with Gasteiger partial charge in [0.05, 0.1) is 0 Å². The molecule has 4 heteroatoms. The molecule has 1 aromatic carbocycles. The van der Waals surface area contributed by atoms with Gasteiger partial charge in [0.15, 0.2) is 0 Å². The second kappa shape index (κ2) is 5.28. The highest BCUT2D eigenvalue weighted by Crippen LogP contribution is 2.36. The number of benzene rings is 1. The first kappa shape index (κ1) is 13.0. The largest absolute Gasteiger partial charge is 0.321 e. The summed E-state index contributed by atoms with van der Waals surface area (Å²) in [6, 6.07) is 8.73. The number of amides is 1. The van der Waals surface area contributed by atoms with Crippen LogP contribution in [0.2, 0.25) is 0 Å². The molecule has 0 radical (unpaired) electrons. The van der Waals surface area contributed by atoms with Crippen molar-refractivity contribution in [2.75, 3.05) is 31.5 Å². The van der Waals surface area contributed by atoms with Gasteiger partial charge >= 0.3 is 0 Å². The highest BCUT2D eigenvalue weighted by atomic mass is 16.2. The van der Waals surface area contributed by atoms with Gasteiger partial charge in [-0.2, -0.15) is 0 Å². The summed E-state index contributed by atoms with van der Waals surface area (Å²) in [5, 5.41) is 6.43. The lowest BCUT2D eigenvalue weighted by Gasteiger charge is -2.33. The van der Waals surface area contributed by atoms with E-state index in [0.29, 0.717) is 6.04 Å². The standard InChI is InChI=1S/C17H21N3O/c21-17-16(14-3-1-2-4-15(14)19-17)12-6-9-20(10-7-12)13-5-8-18-11-13/h1-4,13,18H,5-11H2,(H,19,21). The molecule has 0 aromatic heterocycles. The Morgan fingerprint density at radius 3 is 2.71 bits per heavy atom. The summed E-state index contributed by atoms with van der Waals surface area (Å²) in [5.74, 6) is 0.0854. The van der Waals surface area contributed by atoms with Crippen LogP contribution in [0.4, 0.5) is 5.69 Å². The van der Waals surface area contributed by atoms with Crippen molar-refractivity contribution >= 4 is 17.2 Å². The van der Waals surface area contributed by atoms with Crippen molar-refractivity contribution in [3.05, 3.63) is 35.4 Å². The third-order valence-electron chi connectivity index (χ3n) is 4.98. The summed E-state index contributed by atoms with van der Waals surface area (Å²) in [7, 11) is 0. The predicted octanol–water partition coefficient (Wildman–Crippen LogP) is 1.85. The zero-order chi connectivity index (χ0) is 14.2. The second-order valence-corrected chi connectivity index (χ2v) is 6.16. The van der Waals surface area contributed by atoms with Crippen molar-refractivity contribution in [3.63, 3.8) is 0 Å². The molecule has 1 atom stereocenters. The summed E-state index contributed by atoms with van der Waals surface area (Å²) in [6.07, 6.45) is 3.30. The van der Waals surface area contributed by atoms with Crippen LogP contribution in [0.25, 0.3) is 5.57 Å². The van der Waals surface area contributed by atoms with Gasteiger partial charge in [0.25, 0.3) is 5.91 Å². The molecule has 110 valence electrons. The maximum absolute atomic E-state index is 12.3. The summed E-state index contributed by atoms with van der Waals surface area (Å²) in [5.41, 5.74) is 4.33. The summed E-state index contributed by atoms with van der Waals surface area (Å²) in [4.78, 5) is 14.9. The molecule has 2 saturated heterocycles. The first-order chi connectivity index (χ1) is 10.3. The van der Waals surface area contributed by atoms with Crippen LogP contribution in [0.1, 0.15) is 24.8 Å². The molecule has 3 heterocycles. The third-order valence-corrected chi connectivity index (χ3v) is 4.98. The average Bonchev–Trinajstić information content (AvgIpc) is 3.14. The Balaban J connectivity index is 1.56. The van der Waals surface area contributed by atoms with Gasteiger partial charge in [-0.15, -0.1) is 0 Å². The van der Waals surface area contributed by atoms with Crippen LogP contribution in [0.5, 0.6) is 0 Å². The van der Waals surface area contributed by atoms with Crippen molar-refractivity contribution in [2.45, 2.75) is 25.3 Å². The lowest BCUT2D eigenvalue weighted by atomic mass is 9.93. The fourth-order valence-electron chi connectivity index (χ4n) is 3.83. The number of nitrogens with zero attached hydrogens (tertiary/aromatic N) is 1. The molecule has 2 fully saturated rings. The Bertz CT molecular complexity index is 592. The van der Waals surface area contributed by atoms with E-state index in [0.717, 1.165) is 55.8 Å². The van der Waals surface area contributed by atoms with Crippen molar-refractivity contribution in [2.24, 2.45) is 0 Å². The number of fused-ring (bicyclic) bond motifs is 1. The van der Waals surface area contributed by atoms with Gasteiger partial charge in [-0.05, 0) is 31.9 Å². The summed E-state index contributed by atoms with van der Waals surface area (Å²) < 4.78 is 0. The van der Waals surface area contributed by atoms with E-state index in [1.165, 1.54) is 12.0 Å². The van der Waals surface area contributed by atoms with Crippen molar-refractivity contribution in [1.29, 1.82) is 0 Å². The molecule has 4 rings (SSSR count). The van der Waals surface area contributed by atoms with E-state index < -0.39 is 0 Å². The fourth-order valence-corrected chi connectivity index (χ4v) is 3.83. The Labute approximate surface area is 125 Å². The first-order valence-corrected chi connectivity index (χ1v) is 7.90. The SMILES string of the molecule is O=C1Nc2ccccc2C1=C1CCN(C2CCNC2)CC1. The Morgan fingerprint density at radius 2 is 1.95 bits per heavy atom. The molecule has 0 saturated carbocycles. The lowest BCUT2D eigenvalue weighted by Crippen LogP contribution is -2.41. The zero-order valence-corrected chi connectivity index (χ0v) is 12.2. The number of piperidine rings is 1. The Morgan fingerprint density at radius 1 is 1.14 bits per heavy atom. The molecule has 2 N–H and O–H groups in total. The van der Waals surface area contributed by atoms with E-state index in [4.69, 9.17) is 0 Å². The Kier molecular flexibility index (Phi) is 3.28. The van der Waals surface area contributed by atoms with E-state index in [2.05, 4.69) is 21.6 Å². The summed E-state index contributed by atoms with van der Waals surface area (Å²) >= 11 is 0. The minimum Gasteiger partial charge on any atom is -0.321 e. The molecule has 21 heavy (non-hydrogen) atoms. The average molecular weight is 283 g/mol. The van der Waals surface area contributed by atoms with Gasteiger partial charge in [0.2, 0.25) is 0 Å². The second-order valence-electron chi connectivity index (χ2n) is 6.16. The van der Waals surface area contributed by atoms with Crippen molar-refractivity contribution < 1.29 is 4.79 Å². The van der Waals surface area contributed by atoms with Crippen LogP contribution < -0.4 is 10.6 Å². The zero-order valence-electron chi connectivity index (χ0n) is 12.2. The Hall–Kier alpha value is -1.65. The maximum Gasteiger partial charge on any atom is 0.256 e. The van der Waals surface area contributed by atoms with Gasteiger partial charge in [-0.3, -0.25) is 9.69 Å². The first-order valence-electron chi connectivity index (χ1n) is 7.90. The maximum atomic E-state index is 12.3. The number of nitrogens with one attached hydrogen (secondary N) is 2. The van der Waals surface area contributed by atoms with Gasteiger partial charge in [0.1, 0.15) is 0 Å². The van der Waals surface area contributed by atoms with Crippen molar-refractivity contribution in [1.82, 2.24) is 10.2 Å². The monoisotopic (exact) mass is 283 g/mol. The quantitative estimate of drug-likeness (QED) is 0.773. The number of likely N-dealkylation sites (tertiary alicyclic amines) is 1. The molecule has 0 bridgehead atoms. The van der Waals surface area contributed by atoms with Crippen LogP contribution in [-0.4, -0.2) is 43.0 Å². The van der Waals surface area contributed by atoms with Crippen molar-refractivity contribution in [3.8, 4) is 0 Å². The van der Waals surface area contributed by atoms with E-state index in [1.54, 1.807) is 0 Å². The number of hydrogen-bond donors (Lipinski definition) is 2. The number of anilines is 1. The molecule has 3 aliphatic heterocycles. The number of para-hydroxylation sites is 1. The van der Waals surface area contributed by atoms with E-state index in [-0.39, 0.29) is 5.91 Å². The smallest absolute Gasteiger partial charge is 0.256 e. The minimum absolute atomic E-state index is 0.0854. The van der Waals surface area contributed by atoms with Gasteiger partial charge in [0, 0.05) is 42.5 Å². The molecule has 0 spiro atoms. The molecular formula is C17H21N3O. The molecule has 3 aliphatic rings. The predicted molar refractivity (Wildman–Crippen MR) is 84.1 cm³/mol. The fraction of sp³-hybridized carbons (Fsp3) is 0.471. The highest BCUT2D eigenvalue weighted by molar-refractivity contribution is 6.32.